The quantitative estimate of drug-likeness (QED) is 0.869. The average molecular weight is 315 g/mol. The molecule has 0 spiro atoms. The Bertz CT molecular complexity index is 680. The summed E-state index contributed by atoms with van der Waals surface area (Å²) < 4.78 is 0. The largest absolute Gasteiger partial charge is 0.338 e. The summed E-state index contributed by atoms with van der Waals surface area (Å²) in [5.74, 6) is 1.73. The van der Waals surface area contributed by atoms with Crippen molar-refractivity contribution in [1.29, 1.82) is 0 Å². The van der Waals surface area contributed by atoms with E-state index in [1.165, 1.54) is 4.88 Å². The molecule has 0 bridgehead atoms. The van der Waals surface area contributed by atoms with Crippen molar-refractivity contribution in [2.24, 2.45) is 0 Å². The van der Waals surface area contributed by atoms with Gasteiger partial charge in [0.05, 0.1) is 5.56 Å². The van der Waals surface area contributed by atoms with Gasteiger partial charge in [-0.3, -0.25) is 4.79 Å². The molecule has 22 heavy (non-hydrogen) atoms. The number of aromatic nitrogens is 2. The number of carbonyl (C=O) groups is 1. The number of aryl methyl sites for hydroxylation is 1. The molecule has 116 valence electrons. The third kappa shape index (κ3) is 3.04. The first-order valence-electron chi connectivity index (χ1n) is 7.72. The maximum atomic E-state index is 12.6. The molecule has 0 aromatic carbocycles. The Morgan fingerprint density at radius 2 is 2.27 bits per heavy atom. The van der Waals surface area contributed by atoms with Crippen molar-refractivity contribution in [2.45, 2.75) is 39.0 Å². The van der Waals surface area contributed by atoms with Gasteiger partial charge in [-0.2, -0.15) is 0 Å². The van der Waals surface area contributed by atoms with Crippen LogP contribution in [0.2, 0.25) is 0 Å². The summed E-state index contributed by atoms with van der Waals surface area (Å²) in [6.45, 7) is 7.78. The van der Waals surface area contributed by atoms with E-state index >= 15 is 0 Å². The van der Waals surface area contributed by atoms with Gasteiger partial charge in [-0.1, -0.05) is 13.8 Å². The van der Waals surface area contributed by atoms with Crippen molar-refractivity contribution >= 4 is 17.2 Å². The van der Waals surface area contributed by atoms with Gasteiger partial charge in [0.25, 0.3) is 5.91 Å². The van der Waals surface area contributed by atoms with Gasteiger partial charge in [-0.25, -0.2) is 9.97 Å². The van der Waals surface area contributed by atoms with Crippen LogP contribution < -0.4 is 0 Å². The highest BCUT2D eigenvalue weighted by Crippen LogP contribution is 2.28. The van der Waals surface area contributed by atoms with Crippen molar-refractivity contribution in [2.75, 3.05) is 13.1 Å². The zero-order chi connectivity index (χ0) is 15.7. The lowest BCUT2D eigenvalue weighted by Crippen LogP contribution is -2.28. The molecule has 1 fully saturated rings. The SMILES string of the molecule is Cc1ccnc([C@H]2CCN(C(=O)c3csc(C(C)C)c3)C2)n1. The van der Waals surface area contributed by atoms with Gasteiger partial charge in [-0.15, -0.1) is 11.3 Å². The third-order valence-corrected chi connectivity index (χ3v) is 5.32. The summed E-state index contributed by atoms with van der Waals surface area (Å²) in [7, 11) is 0. The highest BCUT2D eigenvalue weighted by molar-refractivity contribution is 7.10. The van der Waals surface area contributed by atoms with E-state index in [1.54, 1.807) is 17.5 Å². The maximum Gasteiger partial charge on any atom is 0.254 e. The summed E-state index contributed by atoms with van der Waals surface area (Å²) >= 11 is 1.67. The van der Waals surface area contributed by atoms with E-state index in [0.717, 1.165) is 36.6 Å². The van der Waals surface area contributed by atoms with E-state index in [-0.39, 0.29) is 11.8 Å². The van der Waals surface area contributed by atoms with Crippen LogP contribution >= 0.6 is 11.3 Å². The van der Waals surface area contributed by atoms with E-state index in [1.807, 2.05) is 29.3 Å². The van der Waals surface area contributed by atoms with Gasteiger partial charge in [0.15, 0.2) is 0 Å². The predicted octanol–water partition coefficient (Wildman–Crippen LogP) is 3.60. The van der Waals surface area contributed by atoms with Crippen LogP contribution in [0.3, 0.4) is 0 Å². The number of carbonyl (C=O) groups excluding carboxylic acids is 1. The Morgan fingerprint density at radius 3 is 2.95 bits per heavy atom. The summed E-state index contributed by atoms with van der Waals surface area (Å²) in [6.07, 6.45) is 2.74. The van der Waals surface area contributed by atoms with Gasteiger partial charge in [0.2, 0.25) is 0 Å². The third-order valence-electron chi connectivity index (χ3n) is 4.09. The summed E-state index contributed by atoms with van der Waals surface area (Å²) in [5.41, 5.74) is 1.80. The fourth-order valence-electron chi connectivity index (χ4n) is 2.77. The standard InChI is InChI=1S/C17H21N3OS/c1-11(2)15-8-14(10-22-15)17(21)20-7-5-13(9-20)16-18-6-4-12(3)19-16/h4,6,8,10-11,13H,5,7,9H2,1-3H3/t13-/m0/s1. The number of hydrogen-bond donors (Lipinski definition) is 0. The molecule has 5 heteroatoms. The molecule has 1 aliphatic rings. The van der Waals surface area contributed by atoms with Gasteiger partial charge < -0.3 is 4.90 Å². The van der Waals surface area contributed by atoms with E-state index < -0.39 is 0 Å². The molecule has 2 aromatic heterocycles. The fraction of sp³-hybridized carbons (Fsp3) is 0.471. The molecule has 3 rings (SSSR count). The molecule has 0 aliphatic carbocycles. The van der Waals surface area contributed by atoms with Crippen LogP contribution in [0, 0.1) is 6.92 Å². The Labute approximate surface area is 135 Å². The number of amides is 1. The van der Waals surface area contributed by atoms with E-state index in [2.05, 4.69) is 23.8 Å². The first kappa shape index (κ1) is 15.2. The molecule has 0 N–H and O–H groups in total. The smallest absolute Gasteiger partial charge is 0.254 e. The molecule has 0 unspecified atom stereocenters. The topological polar surface area (TPSA) is 46.1 Å². The fourth-order valence-corrected chi connectivity index (χ4v) is 3.67. The van der Waals surface area contributed by atoms with Gasteiger partial charge in [0.1, 0.15) is 5.82 Å². The Balaban J connectivity index is 1.70. The van der Waals surface area contributed by atoms with Crippen molar-refractivity contribution < 1.29 is 4.79 Å². The lowest BCUT2D eigenvalue weighted by molar-refractivity contribution is 0.0791. The second-order valence-electron chi connectivity index (χ2n) is 6.19. The van der Waals surface area contributed by atoms with E-state index in [4.69, 9.17) is 0 Å². The molecular weight excluding hydrogens is 294 g/mol. The van der Waals surface area contributed by atoms with Crippen LogP contribution in [0.1, 0.15) is 58.9 Å². The Morgan fingerprint density at radius 1 is 1.45 bits per heavy atom. The van der Waals surface area contributed by atoms with Crippen molar-refractivity contribution in [3.63, 3.8) is 0 Å². The number of thiophene rings is 1. The second-order valence-corrected chi connectivity index (χ2v) is 7.13. The minimum Gasteiger partial charge on any atom is -0.338 e. The minimum atomic E-state index is 0.137. The lowest BCUT2D eigenvalue weighted by Gasteiger charge is -2.15. The molecule has 1 aliphatic heterocycles. The van der Waals surface area contributed by atoms with Crippen LogP contribution in [0.25, 0.3) is 0 Å². The number of hydrogen-bond acceptors (Lipinski definition) is 4. The number of rotatable bonds is 3. The zero-order valence-electron chi connectivity index (χ0n) is 13.2. The lowest BCUT2D eigenvalue weighted by atomic mass is 10.1. The first-order chi connectivity index (χ1) is 10.5. The minimum absolute atomic E-state index is 0.137. The monoisotopic (exact) mass is 315 g/mol. The maximum absolute atomic E-state index is 12.6. The van der Waals surface area contributed by atoms with Crippen LogP contribution in [0.5, 0.6) is 0 Å². The molecule has 3 heterocycles. The Kier molecular flexibility index (Phi) is 4.25. The van der Waals surface area contributed by atoms with Crippen LogP contribution in [-0.4, -0.2) is 33.9 Å². The van der Waals surface area contributed by atoms with Crippen LogP contribution in [-0.2, 0) is 0 Å². The highest BCUT2D eigenvalue weighted by atomic mass is 32.1. The molecule has 1 amide bonds. The predicted molar refractivity (Wildman–Crippen MR) is 88.4 cm³/mol. The van der Waals surface area contributed by atoms with Crippen molar-refractivity contribution in [3.8, 4) is 0 Å². The van der Waals surface area contributed by atoms with Crippen molar-refractivity contribution in [3.05, 3.63) is 45.7 Å². The van der Waals surface area contributed by atoms with Gasteiger partial charge in [0, 0.05) is 41.2 Å². The molecule has 2 aromatic rings. The van der Waals surface area contributed by atoms with Gasteiger partial charge in [-0.05, 0) is 31.4 Å². The molecule has 0 radical (unpaired) electrons. The molecule has 4 nitrogen and oxygen atoms in total. The average Bonchev–Trinajstić information content (AvgIpc) is 3.16. The molecule has 1 atom stereocenters. The van der Waals surface area contributed by atoms with E-state index in [0.29, 0.717) is 5.92 Å². The van der Waals surface area contributed by atoms with Crippen molar-refractivity contribution in [1.82, 2.24) is 14.9 Å². The normalized spacial score (nSPS) is 18.2. The summed E-state index contributed by atoms with van der Waals surface area (Å²) in [6, 6.07) is 3.94. The van der Waals surface area contributed by atoms with Crippen LogP contribution in [0.15, 0.2) is 23.7 Å². The van der Waals surface area contributed by atoms with Crippen LogP contribution in [0.4, 0.5) is 0 Å². The second kappa shape index (κ2) is 6.16. The highest BCUT2D eigenvalue weighted by Gasteiger charge is 2.30. The molecular formula is C17H21N3OS. The van der Waals surface area contributed by atoms with E-state index in [9.17, 15) is 4.79 Å². The zero-order valence-corrected chi connectivity index (χ0v) is 14.1. The number of nitrogens with zero attached hydrogens (tertiary/aromatic N) is 3. The summed E-state index contributed by atoms with van der Waals surface area (Å²) in [4.78, 5) is 24.7. The first-order valence-corrected chi connectivity index (χ1v) is 8.60. The molecule has 1 saturated heterocycles. The summed E-state index contributed by atoms with van der Waals surface area (Å²) in [5, 5.41) is 1.98. The number of likely N-dealkylation sites (tertiary alicyclic amines) is 1. The van der Waals surface area contributed by atoms with Gasteiger partial charge >= 0.3 is 0 Å². The Hall–Kier alpha value is -1.75. The molecule has 0 saturated carbocycles.